The predicted molar refractivity (Wildman–Crippen MR) is 87.4 cm³/mol. The first-order chi connectivity index (χ1) is 10.5. The molecule has 4 nitrogen and oxygen atoms in total. The van der Waals surface area contributed by atoms with Crippen LogP contribution in [0.3, 0.4) is 0 Å². The van der Waals surface area contributed by atoms with E-state index >= 15 is 0 Å². The number of rotatable bonds is 6. The highest BCUT2D eigenvalue weighted by atomic mass is 19.1. The summed E-state index contributed by atoms with van der Waals surface area (Å²) < 4.78 is 13.7. The molecule has 22 heavy (non-hydrogen) atoms. The van der Waals surface area contributed by atoms with E-state index in [2.05, 4.69) is 15.6 Å². The number of nitrogens with one attached hydrogen (secondary N) is 2. The summed E-state index contributed by atoms with van der Waals surface area (Å²) in [6.07, 6.45) is 2.07. The summed E-state index contributed by atoms with van der Waals surface area (Å²) in [6.45, 7) is 7.31. The lowest BCUT2D eigenvalue weighted by Crippen LogP contribution is -2.39. The number of nitrogens with zero attached hydrogens (tertiary/aromatic N) is 1. The molecule has 122 valence electrons. The molecule has 2 rings (SSSR count). The zero-order chi connectivity index (χ0) is 16.2. The average Bonchev–Trinajstić information content (AvgIpc) is 3.28. The Kier molecular flexibility index (Phi) is 5.40. The van der Waals surface area contributed by atoms with Gasteiger partial charge in [-0.3, -0.25) is 4.99 Å². The van der Waals surface area contributed by atoms with Crippen molar-refractivity contribution in [3.8, 4) is 0 Å². The van der Waals surface area contributed by atoms with Gasteiger partial charge in [0.15, 0.2) is 5.96 Å². The first-order valence-corrected chi connectivity index (χ1v) is 7.91. The fourth-order valence-electron chi connectivity index (χ4n) is 2.28. The molecule has 0 radical (unpaired) electrons. The lowest BCUT2D eigenvalue weighted by Gasteiger charge is -2.19. The molecule has 0 aliphatic heterocycles. The van der Waals surface area contributed by atoms with Crippen molar-refractivity contribution in [2.75, 3.05) is 19.7 Å². The Labute approximate surface area is 131 Å². The number of hydrogen-bond donors (Lipinski definition) is 3. The molecule has 1 fully saturated rings. The molecule has 0 saturated heterocycles. The highest BCUT2D eigenvalue weighted by molar-refractivity contribution is 5.80. The van der Waals surface area contributed by atoms with Crippen LogP contribution >= 0.6 is 0 Å². The lowest BCUT2D eigenvalue weighted by molar-refractivity contribution is 0.217. The monoisotopic (exact) mass is 307 g/mol. The van der Waals surface area contributed by atoms with Gasteiger partial charge in [0.2, 0.25) is 0 Å². The molecule has 0 amide bonds. The number of aryl methyl sites for hydroxylation is 1. The standard InChI is InChI=1S/C17H26FN3O/c1-4-19-16(20-10-17(11-22)7-8-17)21-13(3)14-6-5-12(2)15(18)9-14/h5-6,9,13,22H,4,7-8,10-11H2,1-3H3,(H2,19,20,21). The van der Waals surface area contributed by atoms with Gasteiger partial charge in [0.1, 0.15) is 5.82 Å². The summed E-state index contributed by atoms with van der Waals surface area (Å²) in [5, 5.41) is 15.9. The molecular formula is C17H26FN3O. The van der Waals surface area contributed by atoms with Crippen molar-refractivity contribution in [2.45, 2.75) is 39.7 Å². The van der Waals surface area contributed by atoms with Crippen LogP contribution in [0.5, 0.6) is 0 Å². The molecule has 1 aromatic carbocycles. The third-order valence-electron chi connectivity index (χ3n) is 4.26. The van der Waals surface area contributed by atoms with Crippen molar-refractivity contribution in [3.05, 3.63) is 35.1 Å². The van der Waals surface area contributed by atoms with Crippen molar-refractivity contribution in [1.82, 2.24) is 10.6 Å². The van der Waals surface area contributed by atoms with E-state index in [1.54, 1.807) is 19.1 Å². The van der Waals surface area contributed by atoms with Gasteiger partial charge in [0, 0.05) is 12.0 Å². The SMILES string of the molecule is CCNC(=NCC1(CO)CC1)NC(C)c1ccc(C)c(F)c1. The fourth-order valence-corrected chi connectivity index (χ4v) is 2.28. The van der Waals surface area contributed by atoms with Crippen LogP contribution in [0.15, 0.2) is 23.2 Å². The van der Waals surface area contributed by atoms with Gasteiger partial charge in [0.05, 0.1) is 19.2 Å². The highest BCUT2D eigenvalue weighted by Crippen LogP contribution is 2.45. The zero-order valence-corrected chi connectivity index (χ0v) is 13.6. The summed E-state index contributed by atoms with van der Waals surface area (Å²) >= 11 is 0. The maximum absolute atomic E-state index is 13.7. The normalized spacial score (nSPS) is 18.0. The number of halogens is 1. The molecule has 1 aliphatic rings. The summed E-state index contributed by atoms with van der Waals surface area (Å²) in [6, 6.07) is 5.23. The maximum Gasteiger partial charge on any atom is 0.191 e. The predicted octanol–water partition coefficient (Wildman–Crippen LogP) is 2.52. The number of guanidine groups is 1. The van der Waals surface area contributed by atoms with E-state index in [1.165, 1.54) is 0 Å². The number of benzene rings is 1. The van der Waals surface area contributed by atoms with E-state index in [-0.39, 0.29) is 23.9 Å². The first kappa shape index (κ1) is 16.7. The van der Waals surface area contributed by atoms with Crippen LogP contribution in [-0.2, 0) is 0 Å². The molecule has 1 unspecified atom stereocenters. The fraction of sp³-hybridized carbons (Fsp3) is 0.588. The third-order valence-corrected chi connectivity index (χ3v) is 4.26. The Morgan fingerprint density at radius 3 is 2.73 bits per heavy atom. The second kappa shape index (κ2) is 7.09. The minimum absolute atomic E-state index is 0.0123. The van der Waals surface area contributed by atoms with Crippen LogP contribution in [0.2, 0.25) is 0 Å². The van der Waals surface area contributed by atoms with Gasteiger partial charge >= 0.3 is 0 Å². The van der Waals surface area contributed by atoms with E-state index in [9.17, 15) is 9.50 Å². The summed E-state index contributed by atoms with van der Waals surface area (Å²) in [5.41, 5.74) is 1.52. The molecule has 3 N–H and O–H groups in total. The van der Waals surface area contributed by atoms with Crippen LogP contribution < -0.4 is 10.6 Å². The lowest BCUT2D eigenvalue weighted by atomic mass is 10.1. The van der Waals surface area contributed by atoms with Crippen LogP contribution in [0.25, 0.3) is 0 Å². The molecule has 1 aliphatic carbocycles. The number of aliphatic hydroxyl groups excluding tert-OH is 1. The Morgan fingerprint density at radius 2 is 2.18 bits per heavy atom. The molecule has 1 aromatic rings. The number of aliphatic hydroxyl groups is 1. The van der Waals surface area contributed by atoms with E-state index in [4.69, 9.17) is 0 Å². The molecule has 0 bridgehead atoms. The van der Waals surface area contributed by atoms with E-state index in [0.717, 1.165) is 24.9 Å². The summed E-state index contributed by atoms with van der Waals surface area (Å²) in [5.74, 6) is 0.515. The van der Waals surface area contributed by atoms with Crippen molar-refractivity contribution in [2.24, 2.45) is 10.4 Å². The van der Waals surface area contributed by atoms with Crippen molar-refractivity contribution < 1.29 is 9.50 Å². The van der Waals surface area contributed by atoms with Gasteiger partial charge in [-0.1, -0.05) is 12.1 Å². The number of aliphatic imine (C=N–C) groups is 1. The Bertz CT molecular complexity index is 541. The Morgan fingerprint density at radius 1 is 1.45 bits per heavy atom. The third kappa shape index (κ3) is 4.19. The second-order valence-corrected chi connectivity index (χ2v) is 6.23. The molecule has 0 aromatic heterocycles. The van der Waals surface area contributed by atoms with E-state index in [1.807, 2.05) is 19.9 Å². The first-order valence-electron chi connectivity index (χ1n) is 7.91. The Balaban J connectivity index is 2.02. The molecule has 0 spiro atoms. The molecule has 1 saturated carbocycles. The van der Waals surface area contributed by atoms with Gasteiger partial charge in [-0.25, -0.2) is 4.39 Å². The minimum atomic E-state index is -0.190. The average molecular weight is 307 g/mol. The van der Waals surface area contributed by atoms with Gasteiger partial charge in [-0.05, 0) is 50.8 Å². The van der Waals surface area contributed by atoms with Crippen LogP contribution in [0, 0.1) is 18.2 Å². The molecular weight excluding hydrogens is 281 g/mol. The Hall–Kier alpha value is -1.62. The van der Waals surface area contributed by atoms with Crippen molar-refractivity contribution >= 4 is 5.96 Å². The topological polar surface area (TPSA) is 56.7 Å². The molecule has 5 heteroatoms. The van der Waals surface area contributed by atoms with Crippen molar-refractivity contribution in [3.63, 3.8) is 0 Å². The smallest absolute Gasteiger partial charge is 0.191 e. The second-order valence-electron chi connectivity index (χ2n) is 6.23. The van der Waals surface area contributed by atoms with Gasteiger partial charge < -0.3 is 15.7 Å². The quantitative estimate of drug-likeness (QED) is 0.559. The highest BCUT2D eigenvalue weighted by Gasteiger charge is 2.41. The molecule has 0 heterocycles. The van der Waals surface area contributed by atoms with Gasteiger partial charge in [-0.15, -0.1) is 0 Å². The molecule has 1 atom stereocenters. The number of hydrogen-bond acceptors (Lipinski definition) is 2. The summed E-state index contributed by atoms with van der Waals surface area (Å²) in [4.78, 5) is 4.56. The van der Waals surface area contributed by atoms with Crippen LogP contribution in [-0.4, -0.2) is 30.8 Å². The van der Waals surface area contributed by atoms with Gasteiger partial charge in [0.25, 0.3) is 0 Å². The van der Waals surface area contributed by atoms with Gasteiger partial charge in [-0.2, -0.15) is 0 Å². The zero-order valence-electron chi connectivity index (χ0n) is 13.6. The van der Waals surface area contributed by atoms with Crippen molar-refractivity contribution in [1.29, 1.82) is 0 Å². The minimum Gasteiger partial charge on any atom is -0.396 e. The largest absolute Gasteiger partial charge is 0.396 e. The van der Waals surface area contributed by atoms with E-state index in [0.29, 0.717) is 18.1 Å². The maximum atomic E-state index is 13.7. The van der Waals surface area contributed by atoms with Crippen LogP contribution in [0.1, 0.15) is 43.9 Å². The van der Waals surface area contributed by atoms with Crippen LogP contribution in [0.4, 0.5) is 4.39 Å². The summed E-state index contributed by atoms with van der Waals surface area (Å²) in [7, 11) is 0. The van der Waals surface area contributed by atoms with E-state index < -0.39 is 0 Å².